The van der Waals surface area contributed by atoms with Crippen LogP contribution in [0.2, 0.25) is 0 Å². The average Bonchev–Trinajstić information content (AvgIpc) is 3.23. The SMILES string of the molecule is COc1ccc(C(=O)NC(=O)CSc2nnc([C@H](C)Oc3ccc(F)cc3)o2)cc1. The fourth-order valence-corrected chi connectivity index (χ4v) is 2.88. The predicted molar refractivity (Wildman–Crippen MR) is 106 cm³/mol. The zero-order valence-electron chi connectivity index (χ0n) is 16.1. The second-order valence-corrected chi connectivity index (χ2v) is 6.94. The second-order valence-electron chi connectivity index (χ2n) is 6.01. The predicted octanol–water partition coefficient (Wildman–Crippen LogP) is 3.41. The maximum absolute atomic E-state index is 12.9. The Kier molecular flexibility index (Phi) is 7.02. The molecule has 30 heavy (non-hydrogen) atoms. The van der Waals surface area contributed by atoms with Gasteiger partial charge in [0.1, 0.15) is 17.3 Å². The highest BCUT2D eigenvalue weighted by molar-refractivity contribution is 7.99. The number of carbonyl (C=O) groups is 2. The molecule has 0 unspecified atom stereocenters. The molecule has 1 heterocycles. The number of rotatable bonds is 8. The molecule has 0 aliphatic heterocycles. The third-order valence-electron chi connectivity index (χ3n) is 3.83. The molecule has 2 aromatic carbocycles. The first-order valence-corrected chi connectivity index (χ1v) is 9.80. The van der Waals surface area contributed by atoms with Crippen LogP contribution in [0.15, 0.2) is 58.2 Å². The first kappa shape index (κ1) is 21.3. The number of nitrogens with one attached hydrogen (secondary N) is 1. The van der Waals surface area contributed by atoms with E-state index in [0.29, 0.717) is 17.1 Å². The van der Waals surface area contributed by atoms with E-state index in [1.54, 1.807) is 31.2 Å². The van der Waals surface area contributed by atoms with Crippen molar-refractivity contribution < 1.29 is 27.9 Å². The van der Waals surface area contributed by atoms with Crippen molar-refractivity contribution >= 4 is 23.6 Å². The molecule has 0 spiro atoms. The van der Waals surface area contributed by atoms with Crippen molar-refractivity contribution in [3.63, 3.8) is 0 Å². The van der Waals surface area contributed by atoms with E-state index in [2.05, 4.69) is 15.5 Å². The van der Waals surface area contributed by atoms with Crippen LogP contribution in [-0.2, 0) is 4.79 Å². The summed E-state index contributed by atoms with van der Waals surface area (Å²) in [6.45, 7) is 1.70. The molecule has 0 aliphatic carbocycles. The van der Waals surface area contributed by atoms with Gasteiger partial charge in [0.25, 0.3) is 17.0 Å². The molecule has 2 amide bonds. The second kappa shape index (κ2) is 9.88. The van der Waals surface area contributed by atoms with Crippen LogP contribution in [0.5, 0.6) is 11.5 Å². The summed E-state index contributed by atoms with van der Waals surface area (Å²) < 4.78 is 29.1. The van der Waals surface area contributed by atoms with Crippen molar-refractivity contribution in [2.24, 2.45) is 0 Å². The Morgan fingerprint density at radius 2 is 1.77 bits per heavy atom. The van der Waals surface area contributed by atoms with E-state index in [9.17, 15) is 14.0 Å². The monoisotopic (exact) mass is 431 g/mol. The fourth-order valence-electron chi connectivity index (χ4n) is 2.32. The Bertz CT molecular complexity index is 1010. The summed E-state index contributed by atoms with van der Waals surface area (Å²) in [5.41, 5.74) is 0.334. The number of ether oxygens (including phenoxy) is 2. The summed E-state index contributed by atoms with van der Waals surface area (Å²) in [4.78, 5) is 24.1. The largest absolute Gasteiger partial charge is 0.497 e. The lowest BCUT2D eigenvalue weighted by Crippen LogP contribution is -2.31. The van der Waals surface area contributed by atoms with E-state index in [1.165, 1.54) is 31.4 Å². The number of amides is 2. The highest BCUT2D eigenvalue weighted by atomic mass is 32.2. The molecule has 0 bridgehead atoms. The maximum Gasteiger partial charge on any atom is 0.277 e. The number of thioether (sulfide) groups is 1. The van der Waals surface area contributed by atoms with Gasteiger partial charge in [-0.15, -0.1) is 10.2 Å². The van der Waals surface area contributed by atoms with Crippen LogP contribution < -0.4 is 14.8 Å². The third-order valence-corrected chi connectivity index (χ3v) is 4.65. The van der Waals surface area contributed by atoms with Gasteiger partial charge in [0.15, 0.2) is 6.10 Å². The molecular formula is C20H18FN3O5S. The zero-order valence-corrected chi connectivity index (χ0v) is 16.9. The van der Waals surface area contributed by atoms with Gasteiger partial charge in [-0.1, -0.05) is 11.8 Å². The fraction of sp³-hybridized carbons (Fsp3) is 0.200. The van der Waals surface area contributed by atoms with E-state index < -0.39 is 17.9 Å². The van der Waals surface area contributed by atoms with E-state index in [1.807, 2.05) is 0 Å². The number of carbonyl (C=O) groups excluding carboxylic acids is 2. The van der Waals surface area contributed by atoms with E-state index in [4.69, 9.17) is 13.9 Å². The van der Waals surface area contributed by atoms with Gasteiger partial charge in [-0.2, -0.15) is 0 Å². The number of hydrogen-bond donors (Lipinski definition) is 1. The molecule has 0 aliphatic rings. The number of aromatic nitrogens is 2. The van der Waals surface area contributed by atoms with Crippen LogP contribution in [0, 0.1) is 5.82 Å². The van der Waals surface area contributed by atoms with Crippen LogP contribution in [-0.4, -0.2) is 34.9 Å². The average molecular weight is 431 g/mol. The van der Waals surface area contributed by atoms with Gasteiger partial charge in [-0.05, 0) is 55.5 Å². The molecule has 1 N–H and O–H groups in total. The molecule has 0 saturated carbocycles. The summed E-state index contributed by atoms with van der Waals surface area (Å²) in [5.74, 6) is -0.207. The first-order chi connectivity index (χ1) is 14.4. The van der Waals surface area contributed by atoms with E-state index >= 15 is 0 Å². The lowest BCUT2D eigenvalue weighted by molar-refractivity contribution is -0.117. The molecule has 0 fully saturated rings. The molecule has 0 radical (unpaired) electrons. The Labute approximate surface area is 175 Å². The van der Waals surface area contributed by atoms with E-state index in [-0.39, 0.29) is 22.7 Å². The minimum atomic E-state index is -0.567. The van der Waals surface area contributed by atoms with Gasteiger partial charge in [0.2, 0.25) is 5.91 Å². The molecule has 3 aromatic rings. The van der Waals surface area contributed by atoms with Crippen molar-refractivity contribution in [2.45, 2.75) is 18.3 Å². The molecule has 10 heteroatoms. The lowest BCUT2D eigenvalue weighted by Gasteiger charge is -2.10. The maximum atomic E-state index is 12.9. The number of imide groups is 1. The van der Waals surface area contributed by atoms with Crippen LogP contribution >= 0.6 is 11.8 Å². The lowest BCUT2D eigenvalue weighted by atomic mass is 10.2. The zero-order chi connectivity index (χ0) is 21.5. The molecule has 3 rings (SSSR count). The molecule has 156 valence electrons. The Hall–Kier alpha value is -3.40. The van der Waals surface area contributed by atoms with Gasteiger partial charge in [0.05, 0.1) is 12.9 Å². The molecule has 8 nitrogen and oxygen atoms in total. The standard InChI is InChI=1S/C20H18FN3O5S/c1-12(28-16-9-5-14(21)6-10-16)19-23-24-20(29-19)30-11-17(25)22-18(26)13-3-7-15(27-2)8-4-13/h3-10,12H,11H2,1-2H3,(H,22,25,26)/t12-/m0/s1. The van der Waals surface area contributed by atoms with Crippen molar-refractivity contribution in [2.75, 3.05) is 12.9 Å². The molecule has 0 saturated heterocycles. The van der Waals surface area contributed by atoms with Crippen molar-refractivity contribution in [1.29, 1.82) is 0 Å². The van der Waals surface area contributed by atoms with Crippen molar-refractivity contribution in [3.8, 4) is 11.5 Å². The number of benzene rings is 2. The number of nitrogens with zero attached hydrogens (tertiary/aromatic N) is 2. The van der Waals surface area contributed by atoms with Crippen molar-refractivity contribution in [3.05, 3.63) is 65.8 Å². The van der Waals surface area contributed by atoms with Crippen LogP contribution in [0.4, 0.5) is 4.39 Å². The van der Waals surface area contributed by atoms with Crippen LogP contribution in [0.1, 0.15) is 29.3 Å². The normalized spacial score (nSPS) is 11.6. The summed E-state index contributed by atoms with van der Waals surface area (Å²) in [7, 11) is 1.52. The Morgan fingerprint density at radius 3 is 2.43 bits per heavy atom. The quantitative estimate of drug-likeness (QED) is 0.541. The number of methoxy groups -OCH3 is 1. The van der Waals surface area contributed by atoms with E-state index in [0.717, 1.165) is 11.8 Å². The molecule has 1 aromatic heterocycles. The van der Waals surface area contributed by atoms with Crippen molar-refractivity contribution in [1.82, 2.24) is 15.5 Å². The summed E-state index contributed by atoms with van der Waals surface area (Å²) in [6.07, 6.45) is -0.567. The highest BCUT2D eigenvalue weighted by Gasteiger charge is 2.18. The minimum absolute atomic E-state index is 0.0866. The third kappa shape index (κ3) is 5.80. The highest BCUT2D eigenvalue weighted by Crippen LogP contribution is 2.24. The first-order valence-electron chi connectivity index (χ1n) is 8.81. The minimum Gasteiger partial charge on any atom is -0.497 e. The Morgan fingerprint density at radius 1 is 1.10 bits per heavy atom. The summed E-state index contributed by atoms with van der Waals surface area (Å²) in [5, 5.41) is 10.2. The number of halogens is 1. The summed E-state index contributed by atoms with van der Waals surface area (Å²) in [6, 6.07) is 11.9. The van der Waals surface area contributed by atoms with Crippen LogP contribution in [0.25, 0.3) is 0 Å². The van der Waals surface area contributed by atoms with Crippen LogP contribution in [0.3, 0.4) is 0 Å². The van der Waals surface area contributed by atoms with Gasteiger partial charge >= 0.3 is 0 Å². The molecular weight excluding hydrogens is 413 g/mol. The smallest absolute Gasteiger partial charge is 0.277 e. The van der Waals surface area contributed by atoms with Gasteiger partial charge in [0, 0.05) is 5.56 Å². The number of hydrogen-bond acceptors (Lipinski definition) is 8. The summed E-state index contributed by atoms with van der Waals surface area (Å²) >= 11 is 0.989. The van der Waals surface area contributed by atoms with Gasteiger partial charge in [-0.25, -0.2) is 4.39 Å². The Balaban J connectivity index is 1.48. The van der Waals surface area contributed by atoms with Gasteiger partial charge < -0.3 is 13.9 Å². The molecule has 1 atom stereocenters. The topological polar surface area (TPSA) is 104 Å². The van der Waals surface area contributed by atoms with Gasteiger partial charge in [-0.3, -0.25) is 14.9 Å².